The van der Waals surface area contributed by atoms with E-state index in [0.717, 1.165) is 0 Å². The third-order valence-electron chi connectivity index (χ3n) is 2.37. The van der Waals surface area contributed by atoms with Crippen molar-refractivity contribution in [2.75, 3.05) is 0 Å². The smallest absolute Gasteiger partial charge is 0.326 e. The molecule has 0 unspecified atom stereocenters. The van der Waals surface area contributed by atoms with E-state index in [0.29, 0.717) is 0 Å². The van der Waals surface area contributed by atoms with E-state index in [1.807, 2.05) is 0 Å². The number of rotatable bonds is 3. The van der Waals surface area contributed by atoms with E-state index in [4.69, 9.17) is 5.11 Å². The lowest BCUT2D eigenvalue weighted by atomic mass is 9.86. The molecule has 1 atom stereocenters. The normalized spacial score (nSPS) is 12.8. The Morgan fingerprint density at radius 1 is 1.33 bits per heavy atom. The highest BCUT2D eigenvalue weighted by atomic mass is 16.4. The molecular weight excluding hydrogens is 236 g/mol. The van der Waals surface area contributed by atoms with E-state index in [9.17, 15) is 14.7 Å². The minimum atomic E-state index is -1.11. The van der Waals surface area contributed by atoms with E-state index >= 15 is 0 Å². The van der Waals surface area contributed by atoms with Gasteiger partial charge < -0.3 is 15.5 Å². The van der Waals surface area contributed by atoms with Crippen LogP contribution in [0.15, 0.2) is 18.5 Å². The number of aliphatic carboxylic acids is 1. The first-order valence-corrected chi connectivity index (χ1v) is 5.39. The van der Waals surface area contributed by atoms with E-state index in [-0.39, 0.29) is 11.3 Å². The molecule has 18 heavy (non-hydrogen) atoms. The molecule has 1 aromatic heterocycles. The van der Waals surface area contributed by atoms with Crippen LogP contribution in [0.2, 0.25) is 0 Å². The van der Waals surface area contributed by atoms with E-state index in [1.165, 1.54) is 18.5 Å². The first-order chi connectivity index (χ1) is 8.21. The molecule has 0 saturated heterocycles. The van der Waals surface area contributed by atoms with Gasteiger partial charge in [0.25, 0.3) is 5.91 Å². The minimum absolute atomic E-state index is 0.116. The molecule has 0 radical (unpaired) electrons. The second-order valence-electron chi connectivity index (χ2n) is 5.04. The summed E-state index contributed by atoms with van der Waals surface area (Å²) in [5.74, 6) is -1.84. The molecule has 6 heteroatoms. The van der Waals surface area contributed by atoms with E-state index < -0.39 is 23.3 Å². The maximum atomic E-state index is 11.8. The van der Waals surface area contributed by atoms with Gasteiger partial charge in [-0.15, -0.1) is 0 Å². The van der Waals surface area contributed by atoms with Gasteiger partial charge in [-0.2, -0.15) is 0 Å². The average molecular weight is 252 g/mol. The van der Waals surface area contributed by atoms with Gasteiger partial charge in [0.05, 0.1) is 11.8 Å². The molecule has 1 amide bonds. The van der Waals surface area contributed by atoms with Gasteiger partial charge in [-0.05, 0) is 11.5 Å². The molecule has 0 aliphatic heterocycles. The average Bonchev–Trinajstić information content (AvgIpc) is 2.23. The summed E-state index contributed by atoms with van der Waals surface area (Å²) in [4.78, 5) is 26.6. The second-order valence-corrected chi connectivity index (χ2v) is 5.04. The van der Waals surface area contributed by atoms with Crippen molar-refractivity contribution >= 4 is 11.9 Å². The van der Waals surface area contributed by atoms with Gasteiger partial charge in [0.2, 0.25) is 0 Å². The summed E-state index contributed by atoms with van der Waals surface area (Å²) < 4.78 is 0. The van der Waals surface area contributed by atoms with Crippen molar-refractivity contribution in [3.8, 4) is 5.75 Å². The molecule has 1 rings (SSSR count). The Hall–Kier alpha value is -2.11. The number of amides is 1. The molecule has 0 aliphatic rings. The van der Waals surface area contributed by atoms with Crippen molar-refractivity contribution in [1.82, 2.24) is 10.3 Å². The lowest BCUT2D eigenvalue weighted by Crippen LogP contribution is -2.49. The molecule has 0 aromatic carbocycles. The van der Waals surface area contributed by atoms with Crippen molar-refractivity contribution in [1.29, 1.82) is 0 Å². The zero-order chi connectivity index (χ0) is 13.9. The molecule has 0 spiro atoms. The van der Waals surface area contributed by atoms with Crippen molar-refractivity contribution in [3.63, 3.8) is 0 Å². The molecule has 3 N–H and O–H groups in total. The van der Waals surface area contributed by atoms with Crippen LogP contribution >= 0.6 is 0 Å². The van der Waals surface area contributed by atoms with Gasteiger partial charge in [-0.1, -0.05) is 20.8 Å². The van der Waals surface area contributed by atoms with Crippen LogP contribution in [0.5, 0.6) is 5.75 Å². The van der Waals surface area contributed by atoms with Crippen LogP contribution in [0, 0.1) is 5.41 Å². The third-order valence-corrected chi connectivity index (χ3v) is 2.37. The molecule has 98 valence electrons. The number of nitrogens with zero attached hydrogens (tertiary/aromatic N) is 1. The van der Waals surface area contributed by atoms with Gasteiger partial charge in [0.15, 0.2) is 0 Å². The van der Waals surface area contributed by atoms with Gasteiger partial charge in [0, 0.05) is 6.20 Å². The second kappa shape index (κ2) is 5.03. The first kappa shape index (κ1) is 14.0. The molecule has 0 bridgehead atoms. The van der Waals surface area contributed by atoms with Crippen LogP contribution < -0.4 is 5.32 Å². The number of aromatic hydroxyl groups is 1. The standard InChI is InChI=1S/C12H16N2O4/c1-12(2,3)9(11(17)18)14-10(16)7-4-8(15)6-13-5-7/h4-6,9,15H,1-3H3,(H,14,16)(H,17,18)/t9-/m0/s1. The molecule has 6 nitrogen and oxygen atoms in total. The van der Waals surface area contributed by atoms with Crippen LogP contribution in [-0.4, -0.2) is 33.1 Å². The summed E-state index contributed by atoms with van der Waals surface area (Å²) in [6.45, 7) is 5.15. The summed E-state index contributed by atoms with van der Waals surface area (Å²) in [7, 11) is 0. The summed E-state index contributed by atoms with van der Waals surface area (Å²) in [6, 6.07) is 0.205. The number of nitrogens with one attached hydrogen (secondary N) is 1. The number of carbonyl (C=O) groups excluding carboxylic acids is 1. The van der Waals surface area contributed by atoms with Gasteiger partial charge in [-0.25, -0.2) is 4.79 Å². The van der Waals surface area contributed by atoms with Crippen molar-refractivity contribution < 1.29 is 19.8 Å². The van der Waals surface area contributed by atoms with Crippen molar-refractivity contribution in [2.45, 2.75) is 26.8 Å². The zero-order valence-corrected chi connectivity index (χ0v) is 10.5. The first-order valence-electron chi connectivity index (χ1n) is 5.39. The molecular formula is C12H16N2O4. The summed E-state index contributed by atoms with van der Waals surface area (Å²) in [5.41, 5.74) is -0.503. The number of pyridine rings is 1. The number of hydrogen-bond acceptors (Lipinski definition) is 4. The van der Waals surface area contributed by atoms with Gasteiger partial charge >= 0.3 is 5.97 Å². The summed E-state index contributed by atoms with van der Waals surface area (Å²) in [5, 5.41) is 20.7. The Morgan fingerprint density at radius 2 is 1.94 bits per heavy atom. The molecule has 1 aromatic rings. The molecule has 0 fully saturated rings. The largest absolute Gasteiger partial charge is 0.506 e. The highest BCUT2D eigenvalue weighted by Crippen LogP contribution is 2.20. The molecule has 0 saturated carbocycles. The number of carboxylic acid groups (broad SMARTS) is 1. The fourth-order valence-electron chi connectivity index (χ4n) is 1.42. The third kappa shape index (κ3) is 3.44. The maximum Gasteiger partial charge on any atom is 0.326 e. The lowest BCUT2D eigenvalue weighted by molar-refractivity contribution is -0.142. The van der Waals surface area contributed by atoms with Gasteiger partial charge in [0.1, 0.15) is 11.8 Å². The Labute approximate surface area is 105 Å². The van der Waals surface area contributed by atoms with Gasteiger partial charge in [-0.3, -0.25) is 9.78 Å². The fourth-order valence-corrected chi connectivity index (χ4v) is 1.42. The van der Waals surface area contributed by atoms with Crippen LogP contribution in [0.1, 0.15) is 31.1 Å². The Kier molecular flexibility index (Phi) is 3.90. The van der Waals surface area contributed by atoms with E-state index in [2.05, 4.69) is 10.3 Å². The number of aromatic nitrogens is 1. The number of carbonyl (C=O) groups is 2. The fraction of sp³-hybridized carbons (Fsp3) is 0.417. The van der Waals surface area contributed by atoms with Crippen LogP contribution in [0.4, 0.5) is 0 Å². The Balaban J connectivity index is 2.89. The van der Waals surface area contributed by atoms with Crippen LogP contribution in [0.25, 0.3) is 0 Å². The highest BCUT2D eigenvalue weighted by Gasteiger charge is 2.32. The Bertz CT molecular complexity index is 465. The van der Waals surface area contributed by atoms with Crippen LogP contribution in [0.3, 0.4) is 0 Å². The molecule has 0 aliphatic carbocycles. The van der Waals surface area contributed by atoms with Crippen LogP contribution in [-0.2, 0) is 4.79 Å². The SMILES string of the molecule is CC(C)(C)[C@@H](NC(=O)c1cncc(O)c1)C(=O)O. The predicted molar refractivity (Wildman–Crippen MR) is 64.2 cm³/mol. The summed E-state index contributed by atoms with van der Waals surface area (Å²) >= 11 is 0. The van der Waals surface area contributed by atoms with Crippen molar-refractivity contribution in [2.24, 2.45) is 5.41 Å². The highest BCUT2D eigenvalue weighted by molar-refractivity contribution is 5.96. The maximum absolute atomic E-state index is 11.8. The van der Waals surface area contributed by atoms with Crippen molar-refractivity contribution in [3.05, 3.63) is 24.0 Å². The quantitative estimate of drug-likeness (QED) is 0.745. The minimum Gasteiger partial charge on any atom is -0.506 e. The lowest BCUT2D eigenvalue weighted by Gasteiger charge is -2.27. The monoisotopic (exact) mass is 252 g/mol. The Morgan fingerprint density at radius 3 is 2.39 bits per heavy atom. The zero-order valence-electron chi connectivity index (χ0n) is 10.5. The summed E-state index contributed by atoms with van der Waals surface area (Å²) in [6.07, 6.45) is 2.45. The van der Waals surface area contributed by atoms with E-state index in [1.54, 1.807) is 20.8 Å². The predicted octanol–water partition coefficient (Wildman–Crippen LogP) is 1.02. The number of carboxylic acids is 1. The topological polar surface area (TPSA) is 99.5 Å². The number of hydrogen-bond donors (Lipinski definition) is 3. The molecule has 1 heterocycles.